The highest BCUT2D eigenvalue weighted by molar-refractivity contribution is 5.83. The van der Waals surface area contributed by atoms with Crippen molar-refractivity contribution >= 4 is 5.91 Å². The maximum atomic E-state index is 13.0. The summed E-state index contributed by atoms with van der Waals surface area (Å²) in [6.45, 7) is 7.96. The number of amides is 1. The molecule has 0 saturated carbocycles. The van der Waals surface area contributed by atoms with Crippen molar-refractivity contribution in [3.8, 4) is 0 Å². The Labute approximate surface area is 130 Å². The van der Waals surface area contributed by atoms with Gasteiger partial charge in [-0.25, -0.2) is 0 Å². The van der Waals surface area contributed by atoms with E-state index in [0.29, 0.717) is 19.8 Å². The van der Waals surface area contributed by atoms with Crippen LogP contribution >= 0.6 is 0 Å². The lowest BCUT2D eigenvalue weighted by atomic mass is 9.78. The lowest BCUT2D eigenvalue weighted by Crippen LogP contribution is -2.51. The first-order valence-electron chi connectivity index (χ1n) is 8.77. The largest absolute Gasteiger partial charge is 0.381 e. The number of nitrogens with zero attached hydrogens (tertiary/aromatic N) is 1. The third kappa shape index (κ3) is 5.59. The molecule has 0 bridgehead atoms. The van der Waals surface area contributed by atoms with Crippen LogP contribution in [0.25, 0.3) is 0 Å². The van der Waals surface area contributed by atoms with Crippen molar-refractivity contribution in [1.82, 2.24) is 4.90 Å². The third-order valence-corrected chi connectivity index (χ3v) is 4.64. The zero-order valence-corrected chi connectivity index (χ0v) is 14.0. The number of carbonyl (C=O) groups excluding carboxylic acids is 1. The van der Waals surface area contributed by atoms with Crippen LogP contribution in [0.5, 0.6) is 0 Å². The molecular weight excluding hydrogens is 264 g/mol. The van der Waals surface area contributed by atoms with Crippen molar-refractivity contribution < 1.29 is 9.53 Å². The maximum absolute atomic E-state index is 13.0. The highest BCUT2D eigenvalue weighted by Crippen LogP contribution is 2.32. The number of carbonyl (C=O) groups is 1. The van der Waals surface area contributed by atoms with Crippen molar-refractivity contribution in [2.45, 2.75) is 65.2 Å². The fraction of sp³-hybridized carbons (Fsp3) is 0.941. The SMILES string of the molecule is CCCCCN(CCCCC)C(=O)C1(CN)CCOCC1. The van der Waals surface area contributed by atoms with Gasteiger partial charge in [-0.15, -0.1) is 0 Å². The minimum Gasteiger partial charge on any atom is -0.381 e. The molecule has 0 unspecified atom stereocenters. The zero-order chi connectivity index (χ0) is 15.6. The quantitative estimate of drug-likeness (QED) is 0.631. The summed E-state index contributed by atoms with van der Waals surface area (Å²) in [6, 6.07) is 0. The number of hydrogen-bond acceptors (Lipinski definition) is 3. The lowest BCUT2D eigenvalue weighted by Gasteiger charge is -2.39. The van der Waals surface area contributed by atoms with Crippen LogP contribution in [0.4, 0.5) is 0 Å². The Morgan fingerprint density at radius 2 is 1.57 bits per heavy atom. The van der Waals surface area contributed by atoms with E-state index in [1.54, 1.807) is 0 Å². The average molecular weight is 298 g/mol. The number of nitrogens with two attached hydrogens (primary N) is 1. The molecule has 0 radical (unpaired) electrons. The Hall–Kier alpha value is -0.610. The van der Waals surface area contributed by atoms with Crippen LogP contribution in [-0.4, -0.2) is 43.7 Å². The van der Waals surface area contributed by atoms with Crippen LogP contribution < -0.4 is 5.73 Å². The van der Waals surface area contributed by atoms with Crippen LogP contribution in [0.3, 0.4) is 0 Å². The predicted octanol–water partition coefficient (Wildman–Crippen LogP) is 2.95. The van der Waals surface area contributed by atoms with Crippen molar-refractivity contribution in [2.24, 2.45) is 11.1 Å². The van der Waals surface area contributed by atoms with Crippen molar-refractivity contribution in [2.75, 3.05) is 32.8 Å². The van der Waals surface area contributed by atoms with E-state index in [9.17, 15) is 4.79 Å². The van der Waals surface area contributed by atoms with E-state index in [1.807, 2.05) is 0 Å². The smallest absolute Gasteiger partial charge is 0.230 e. The van der Waals surface area contributed by atoms with E-state index in [1.165, 1.54) is 25.7 Å². The van der Waals surface area contributed by atoms with Gasteiger partial charge in [-0.05, 0) is 25.7 Å². The molecule has 124 valence electrons. The predicted molar refractivity (Wildman–Crippen MR) is 87.2 cm³/mol. The molecule has 1 fully saturated rings. The summed E-state index contributed by atoms with van der Waals surface area (Å²) in [7, 11) is 0. The van der Waals surface area contributed by atoms with Crippen LogP contribution in [-0.2, 0) is 9.53 Å². The van der Waals surface area contributed by atoms with Gasteiger partial charge in [0.25, 0.3) is 0 Å². The first-order valence-corrected chi connectivity index (χ1v) is 8.77. The molecule has 1 aliphatic heterocycles. The number of unbranched alkanes of at least 4 members (excludes halogenated alkanes) is 4. The van der Waals surface area contributed by atoms with Crippen molar-refractivity contribution in [3.63, 3.8) is 0 Å². The summed E-state index contributed by atoms with van der Waals surface area (Å²) in [5.41, 5.74) is 5.62. The molecule has 0 aromatic rings. The Morgan fingerprint density at radius 1 is 1.05 bits per heavy atom. The van der Waals surface area contributed by atoms with Crippen LogP contribution in [0.2, 0.25) is 0 Å². The molecule has 0 atom stereocenters. The summed E-state index contributed by atoms with van der Waals surface area (Å²) >= 11 is 0. The molecule has 0 spiro atoms. The Kier molecular flexibility index (Phi) is 8.93. The summed E-state index contributed by atoms with van der Waals surface area (Å²) in [4.78, 5) is 15.1. The maximum Gasteiger partial charge on any atom is 0.230 e. The number of ether oxygens (including phenoxy) is 1. The number of hydrogen-bond donors (Lipinski definition) is 1. The van der Waals surface area contributed by atoms with Gasteiger partial charge in [0.1, 0.15) is 0 Å². The van der Waals surface area contributed by atoms with E-state index in [-0.39, 0.29) is 11.3 Å². The molecule has 1 heterocycles. The number of rotatable bonds is 10. The minimum absolute atomic E-state index is 0.278. The summed E-state index contributed by atoms with van der Waals surface area (Å²) in [5.74, 6) is 0.278. The Morgan fingerprint density at radius 3 is 2.00 bits per heavy atom. The normalized spacial score (nSPS) is 17.7. The van der Waals surface area contributed by atoms with Gasteiger partial charge in [0.05, 0.1) is 5.41 Å². The highest BCUT2D eigenvalue weighted by Gasteiger charge is 2.41. The fourth-order valence-electron chi connectivity index (χ4n) is 3.02. The fourth-order valence-corrected chi connectivity index (χ4v) is 3.02. The van der Waals surface area contributed by atoms with Gasteiger partial charge in [0.2, 0.25) is 5.91 Å². The molecule has 1 rings (SSSR count). The minimum atomic E-state index is -0.364. The van der Waals surface area contributed by atoms with Gasteiger partial charge in [-0.1, -0.05) is 39.5 Å². The van der Waals surface area contributed by atoms with Gasteiger partial charge >= 0.3 is 0 Å². The molecule has 0 aromatic carbocycles. The molecular formula is C17H34N2O2. The molecule has 4 heteroatoms. The van der Waals surface area contributed by atoms with Gasteiger partial charge in [-0.3, -0.25) is 4.79 Å². The van der Waals surface area contributed by atoms with Gasteiger partial charge in [-0.2, -0.15) is 0 Å². The second kappa shape index (κ2) is 10.2. The van der Waals surface area contributed by atoms with Gasteiger partial charge < -0.3 is 15.4 Å². The summed E-state index contributed by atoms with van der Waals surface area (Å²) < 4.78 is 5.43. The van der Waals surface area contributed by atoms with Crippen molar-refractivity contribution in [3.05, 3.63) is 0 Å². The molecule has 0 aliphatic carbocycles. The average Bonchev–Trinajstić information content (AvgIpc) is 2.53. The molecule has 0 aromatic heterocycles. The molecule has 4 nitrogen and oxygen atoms in total. The first kappa shape index (κ1) is 18.4. The van der Waals surface area contributed by atoms with E-state index in [2.05, 4.69) is 18.7 Å². The molecule has 2 N–H and O–H groups in total. The van der Waals surface area contributed by atoms with Crippen LogP contribution in [0.1, 0.15) is 65.2 Å². The van der Waals surface area contributed by atoms with Crippen LogP contribution in [0.15, 0.2) is 0 Å². The van der Waals surface area contributed by atoms with E-state index >= 15 is 0 Å². The summed E-state index contributed by atoms with van der Waals surface area (Å²) in [5, 5.41) is 0. The van der Waals surface area contributed by atoms with E-state index in [4.69, 9.17) is 10.5 Å². The topological polar surface area (TPSA) is 55.6 Å². The van der Waals surface area contributed by atoms with Gasteiger partial charge in [0, 0.05) is 32.8 Å². The second-order valence-corrected chi connectivity index (χ2v) is 6.30. The molecule has 21 heavy (non-hydrogen) atoms. The lowest BCUT2D eigenvalue weighted by molar-refractivity contribution is -0.147. The van der Waals surface area contributed by atoms with E-state index in [0.717, 1.165) is 38.8 Å². The molecule has 1 amide bonds. The Balaban J connectivity index is 2.65. The van der Waals surface area contributed by atoms with Crippen molar-refractivity contribution in [1.29, 1.82) is 0 Å². The summed E-state index contributed by atoms with van der Waals surface area (Å²) in [6.07, 6.45) is 8.52. The monoisotopic (exact) mass is 298 g/mol. The molecule has 1 saturated heterocycles. The standard InChI is InChI=1S/C17H34N2O2/c1-3-5-7-11-19(12-8-6-4-2)16(20)17(15-18)9-13-21-14-10-17/h3-15,18H2,1-2H3. The highest BCUT2D eigenvalue weighted by atomic mass is 16.5. The van der Waals surface area contributed by atoms with Gasteiger partial charge in [0.15, 0.2) is 0 Å². The second-order valence-electron chi connectivity index (χ2n) is 6.30. The van der Waals surface area contributed by atoms with E-state index < -0.39 is 0 Å². The first-order chi connectivity index (χ1) is 10.2. The van der Waals surface area contributed by atoms with Crippen LogP contribution in [0, 0.1) is 5.41 Å². The Bertz CT molecular complexity index is 279. The zero-order valence-electron chi connectivity index (χ0n) is 14.0. The molecule has 1 aliphatic rings. The third-order valence-electron chi connectivity index (χ3n) is 4.64.